The van der Waals surface area contributed by atoms with Gasteiger partial charge in [-0.15, -0.1) is 0 Å². The Bertz CT molecular complexity index is 542. The number of piperidine rings is 3. The topological polar surface area (TPSA) is 53.0 Å². The molecule has 0 aromatic heterocycles. The number of fused-ring (bicyclic) bond motifs is 6. The van der Waals surface area contributed by atoms with Crippen LogP contribution in [0.25, 0.3) is 0 Å². The lowest BCUT2D eigenvalue weighted by atomic mass is 9.61. The molecule has 4 aliphatic rings. The number of hydrogen-bond donors (Lipinski definition) is 1. The quantitative estimate of drug-likeness (QED) is 0.654. The zero-order chi connectivity index (χ0) is 18.5. The van der Waals surface area contributed by atoms with E-state index in [1.165, 1.54) is 19.3 Å². The van der Waals surface area contributed by atoms with Gasteiger partial charge < -0.3 is 14.7 Å². The van der Waals surface area contributed by atoms with Gasteiger partial charge in [-0.1, -0.05) is 41.2 Å². The zero-order valence-corrected chi connectivity index (χ0v) is 17.1. The Morgan fingerprint density at radius 3 is 2.69 bits per heavy atom. The molecule has 0 aromatic rings. The largest absolute Gasteiger partial charge is 0.445 e. The summed E-state index contributed by atoms with van der Waals surface area (Å²) in [6, 6.07) is 0.545. The van der Waals surface area contributed by atoms with Crippen molar-refractivity contribution in [1.29, 1.82) is 0 Å². The number of ether oxygens (including phenoxy) is 1. The minimum atomic E-state index is -1.60. The molecule has 4 rings (SSSR count). The fourth-order valence-corrected chi connectivity index (χ4v) is 6.17. The van der Waals surface area contributed by atoms with Crippen LogP contribution in [-0.4, -0.2) is 69.2 Å². The third-order valence-corrected chi connectivity index (χ3v) is 7.22. The van der Waals surface area contributed by atoms with Gasteiger partial charge in [-0.3, -0.25) is 4.90 Å². The number of halogens is 3. The molecule has 3 saturated heterocycles. The predicted octanol–water partition coefficient (Wildman–Crippen LogP) is 3.44. The number of carbonyl (C=O) groups is 1. The van der Waals surface area contributed by atoms with Gasteiger partial charge >= 0.3 is 6.09 Å². The summed E-state index contributed by atoms with van der Waals surface area (Å²) in [6.07, 6.45) is 5.78. The molecule has 1 N–H and O–H groups in total. The van der Waals surface area contributed by atoms with Crippen molar-refractivity contribution in [2.24, 2.45) is 17.8 Å². The second kappa shape index (κ2) is 7.47. The highest BCUT2D eigenvalue weighted by molar-refractivity contribution is 6.67. The molecular weight excluding hydrogens is 399 g/mol. The van der Waals surface area contributed by atoms with Gasteiger partial charge in [0.25, 0.3) is 0 Å². The first kappa shape index (κ1) is 19.4. The molecule has 1 saturated carbocycles. The molecule has 2 bridgehead atoms. The van der Waals surface area contributed by atoms with Gasteiger partial charge in [-0.05, 0) is 44.6 Å². The summed E-state index contributed by atoms with van der Waals surface area (Å²) < 4.78 is 3.67. The van der Waals surface area contributed by atoms with Crippen molar-refractivity contribution in [3.8, 4) is 0 Å². The Kier molecular flexibility index (Phi) is 5.57. The number of aliphatic hydroxyl groups excluding tert-OH is 1. The number of amides is 1. The van der Waals surface area contributed by atoms with Crippen molar-refractivity contribution in [2.75, 3.05) is 26.2 Å². The monoisotopic (exact) mass is 424 g/mol. The van der Waals surface area contributed by atoms with Crippen LogP contribution in [0.1, 0.15) is 38.5 Å². The lowest BCUT2D eigenvalue weighted by Crippen LogP contribution is -2.67. The molecule has 3 aliphatic heterocycles. The first-order valence-electron chi connectivity index (χ1n) is 9.77. The minimum absolute atomic E-state index is 0.0285. The highest BCUT2D eigenvalue weighted by Crippen LogP contribution is 2.48. The third kappa shape index (κ3) is 3.67. The van der Waals surface area contributed by atoms with Crippen LogP contribution < -0.4 is 0 Å². The van der Waals surface area contributed by atoms with E-state index in [9.17, 15) is 9.90 Å². The summed E-state index contributed by atoms with van der Waals surface area (Å²) >= 11 is 17.2. The van der Waals surface area contributed by atoms with Crippen LogP contribution in [0, 0.1) is 17.8 Å². The highest BCUT2D eigenvalue weighted by atomic mass is 35.6. The van der Waals surface area contributed by atoms with E-state index in [1.807, 2.05) is 0 Å². The Balaban J connectivity index is 1.52. The second-order valence-corrected chi connectivity index (χ2v) is 10.9. The summed E-state index contributed by atoms with van der Waals surface area (Å²) in [4.78, 5) is 17.0. The maximum atomic E-state index is 12.7. The SMILES string of the molecule is O=C(OCC(Cl)(Cl)Cl)N1CCC[C@@H]2[C@@H](O)[C@@H]3C[C@@H](CN4CCCC[C@H]34)[C@@H]21. The standard InChI is InChI=1S/C18H27Cl3N2O3/c19-18(20,21)10-26-17(25)23-7-3-4-12-15(23)11-8-13(16(12)24)14-5-1-2-6-22(14)9-11/h11-16,24H,1-10H2/t11-,12-,13+,14+,15-,16+/m0/s1. The number of likely N-dealkylation sites (tertiary alicyclic amines) is 1. The molecule has 0 spiro atoms. The minimum Gasteiger partial charge on any atom is -0.445 e. The lowest BCUT2D eigenvalue weighted by Gasteiger charge is -2.59. The van der Waals surface area contributed by atoms with Gasteiger partial charge in [0.2, 0.25) is 3.79 Å². The molecule has 3 heterocycles. The molecule has 5 nitrogen and oxygen atoms in total. The molecule has 26 heavy (non-hydrogen) atoms. The maximum Gasteiger partial charge on any atom is 0.410 e. The van der Waals surface area contributed by atoms with E-state index in [4.69, 9.17) is 39.5 Å². The number of alkyl halides is 3. The van der Waals surface area contributed by atoms with Gasteiger partial charge in [0.05, 0.1) is 6.10 Å². The summed E-state index contributed by atoms with van der Waals surface area (Å²) in [5, 5.41) is 11.1. The number of hydrogen-bond acceptors (Lipinski definition) is 4. The zero-order valence-electron chi connectivity index (χ0n) is 14.8. The molecule has 0 unspecified atom stereocenters. The molecule has 148 valence electrons. The first-order valence-corrected chi connectivity index (χ1v) is 10.9. The fourth-order valence-electron chi connectivity index (χ4n) is 6.01. The average molecular weight is 426 g/mol. The van der Waals surface area contributed by atoms with Gasteiger partial charge in [0.1, 0.15) is 6.61 Å². The smallest absolute Gasteiger partial charge is 0.410 e. The van der Waals surface area contributed by atoms with Gasteiger partial charge in [0, 0.05) is 37.0 Å². The Morgan fingerprint density at radius 2 is 1.92 bits per heavy atom. The molecule has 4 fully saturated rings. The molecule has 0 radical (unpaired) electrons. The van der Waals surface area contributed by atoms with E-state index < -0.39 is 9.89 Å². The molecule has 0 aromatic carbocycles. The Morgan fingerprint density at radius 1 is 1.12 bits per heavy atom. The van der Waals surface area contributed by atoms with Crippen LogP contribution in [0.4, 0.5) is 4.79 Å². The van der Waals surface area contributed by atoms with Gasteiger partial charge in [-0.25, -0.2) is 4.79 Å². The van der Waals surface area contributed by atoms with Gasteiger partial charge in [0.15, 0.2) is 0 Å². The summed E-state index contributed by atoms with van der Waals surface area (Å²) in [5.74, 6) is 0.868. The van der Waals surface area contributed by atoms with E-state index in [1.54, 1.807) is 4.90 Å². The van der Waals surface area contributed by atoms with E-state index in [2.05, 4.69) is 4.90 Å². The van der Waals surface area contributed by atoms with E-state index >= 15 is 0 Å². The van der Waals surface area contributed by atoms with Crippen molar-refractivity contribution < 1.29 is 14.6 Å². The Labute approximate surface area is 169 Å². The number of aliphatic hydroxyl groups is 1. The van der Waals surface area contributed by atoms with Crippen molar-refractivity contribution in [1.82, 2.24) is 9.80 Å². The van der Waals surface area contributed by atoms with Crippen molar-refractivity contribution >= 4 is 40.9 Å². The molecule has 1 amide bonds. The van der Waals surface area contributed by atoms with Crippen LogP contribution >= 0.6 is 34.8 Å². The van der Waals surface area contributed by atoms with Crippen LogP contribution in [0.15, 0.2) is 0 Å². The predicted molar refractivity (Wildman–Crippen MR) is 102 cm³/mol. The van der Waals surface area contributed by atoms with Crippen molar-refractivity contribution in [3.63, 3.8) is 0 Å². The second-order valence-electron chi connectivity index (χ2n) is 8.37. The van der Waals surface area contributed by atoms with E-state index in [0.29, 0.717) is 24.4 Å². The first-order chi connectivity index (χ1) is 12.3. The Hall–Kier alpha value is 0.0600. The highest BCUT2D eigenvalue weighted by Gasteiger charge is 2.55. The molecule has 6 atom stereocenters. The van der Waals surface area contributed by atoms with Crippen molar-refractivity contribution in [2.45, 2.75) is 60.5 Å². The van der Waals surface area contributed by atoms with E-state index in [0.717, 1.165) is 32.4 Å². The maximum absolute atomic E-state index is 12.7. The average Bonchev–Trinajstić information content (AvgIpc) is 2.62. The lowest BCUT2D eigenvalue weighted by molar-refractivity contribution is -0.140. The van der Waals surface area contributed by atoms with Crippen LogP contribution in [-0.2, 0) is 4.74 Å². The van der Waals surface area contributed by atoms with Crippen LogP contribution in [0.5, 0.6) is 0 Å². The molecule has 8 heteroatoms. The number of nitrogens with zero attached hydrogens (tertiary/aromatic N) is 2. The van der Waals surface area contributed by atoms with Crippen LogP contribution in [0.3, 0.4) is 0 Å². The van der Waals surface area contributed by atoms with Crippen LogP contribution in [0.2, 0.25) is 0 Å². The van der Waals surface area contributed by atoms with Gasteiger partial charge in [-0.2, -0.15) is 0 Å². The third-order valence-electron chi connectivity index (χ3n) is 6.89. The normalized spacial score (nSPS) is 40.5. The number of rotatable bonds is 1. The number of carbonyl (C=O) groups excluding carboxylic acids is 1. The summed E-state index contributed by atoms with van der Waals surface area (Å²) in [7, 11) is 0. The van der Waals surface area contributed by atoms with Crippen molar-refractivity contribution in [3.05, 3.63) is 0 Å². The summed E-state index contributed by atoms with van der Waals surface area (Å²) in [5.41, 5.74) is 0. The fraction of sp³-hybridized carbons (Fsp3) is 0.944. The molecule has 1 aliphatic carbocycles. The summed E-state index contributed by atoms with van der Waals surface area (Å²) in [6.45, 7) is 2.52. The van der Waals surface area contributed by atoms with E-state index in [-0.39, 0.29) is 24.7 Å². The molecular formula is C18H27Cl3N2O3.